The molecule has 0 saturated heterocycles. The van der Waals surface area contributed by atoms with Gasteiger partial charge >= 0.3 is 0 Å². The zero-order valence-electron chi connectivity index (χ0n) is 5.45. The molecule has 3 nitrogen and oxygen atoms in total. The zero-order valence-corrected chi connectivity index (χ0v) is 5.45. The van der Waals surface area contributed by atoms with Crippen LogP contribution in [0, 0.1) is 0 Å². The Kier molecular flexibility index (Phi) is 3.14. The highest BCUT2D eigenvalue weighted by Gasteiger charge is 1.93. The minimum atomic E-state index is 0. The van der Waals surface area contributed by atoms with Gasteiger partial charge in [0.1, 0.15) is 5.75 Å². The van der Waals surface area contributed by atoms with Crippen LogP contribution in [0.4, 0.5) is 0 Å². The van der Waals surface area contributed by atoms with Crippen LogP contribution in [0.2, 0.25) is 0 Å². The average molecular weight is 139 g/mol. The summed E-state index contributed by atoms with van der Waals surface area (Å²) >= 11 is 0. The minimum absolute atomic E-state index is 0. The van der Waals surface area contributed by atoms with E-state index < -0.39 is 0 Å². The summed E-state index contributed by atoms with van der Waals surface area (Å²) in [5.41, 5.74) is 0.331. The number of rotatable bonds is 1. The third-order valence-corrected chi connectivity index (χ3v) is 1.06. The van der Waals surface area contributed by atoms with Gasteiger partial charge in [0.15, 0.2) is 6.29 Å². The van der Waals surface area contributed by atoms with Crippen LogP contribution in [-0.4, -0.2) is 11.4 Å². The maximum absolute atomic E-state index is 10.1. The summed E-state index contributed by atoms with van der Waals surface area (Å²) in [6, 6.07) is 6.40. The molecule has 0 aliphatic heterocycles. The highest BCUT2D eigenvalue weighted by molar-refractivity contribution is 5.78. The van der Waals surface area contributed by atoms with Crippen molar-refractivity contribution in [2.45, 2.75) is 0 Å². The van der Waals surface area contributed by atoms with Gasteiger partial charge in [-0.25, -0.2) is 0 Å². The van der Waals surface area contributed by atoms with Crippen LogP contribution in [0.15, 0.2) is 24.3 Å². The Morgan fingerprint density at radius 2 is 1.90 bits per heavy atom. The van der Waals surface area contributed by atoms with E-state index in [1.54, 1.807) is 18.2 Å². The molecule has 0 fully saturated rings. The number of aldehydes is 1. The first-order chi connectivity index (χ1) is 4.34. The molecule has 0 aliphatic rings. The van der Waals surface area contributed by atoms with Gasteiger partial charge in [-0.2, -0.15) is 0 Å². The van der Waals surface area contributed by atoms with E-state index in [4.69, 9.17) is 5.11 Å². The predicted octanol–water partition coefficient (Wildman–Crippen LogP) is 1.37. The van der Waals surface area contributed by atoms with Crippen LogP contribution in [0.3, 0.4) is 0 Å². The topological polar surface area (TPSA) is 72.3 Å². The summed E-state index contributed by atoms with van der Waals surface area (Å²) in [4.78, 5) is 10.1. The Balaban J connectivity index is 0.000000810. The molecule has 1 aromatic rings. The SMILES string of the molecule is N.O=Cc1ccccc1O. The van der Waals surface area contributed by atoms with Crippen molar-refractivity contribution < 1.29 is 9.90 Å². The van der Waals surface area contributed by atoms with Crippen molar-refractivity contribution in [1.82, 2.24) is 6.15 Å². The summed E-state index contributed by atoms with van der Waals surface area (Å²) in [5, 5.41) is 8.88. The number of carbonyl (C=O) groups excluding carboxylic acids is 1. The second-order valence-corrected chi connectivity index (χ2v) is 1.68. The number of phenolic OH excluding ortho intramolecular Hbond substituents is 1. The van der Waals surface area contributed by atoms with Gasteiger partial charge in [0, 0.05) is 0 Å². The van der Waals surface area contributed by atoms with Crippen LogP contribution < -0.4 is 6.15 Å². The highest BCUT2D eigenvalue weighted by atomic mass is 16.3. The van der Waals surface area contributed by atoms with Crippen LogP contribution in [-0.2, 0) is 0 Å². The van der Waals surface area contributed by atoms with Gasteiger partial charge < -0.3 is 11.3 Å². The molecule has 0 aliphatic carbocycles. The fraction of sp³-hybridized carbons (Fsp3) is 0. The molecule has 0 atom stereocenters. The van der Waals surface area contributed by atoms with Crippen molar-refractivity contribution in [3.8, 4) is 5.75 Å². The maximum atomic E-state index is 10.1. The van der Waals surface area contributed by atoms with Crippen molar-refractivity contribution in [3.05, 3.63) is 29.8 Å². The van der Waals surface area contributed by atoms with Gasteiger partial charge in [0.2, 0.25) is 0 Å². The molecule has 0 radical (unpaired) electrons. The van der Waals surface area contributed by atoms with Gasteiger partial charge in [-0.1, -0.05) is 12.1 Å². The van der Waals surface area contributed by atoms with Gasteiger partial charge in [-0.05, 0) is 12.1 Å². The minimum Gasteiger partial charge on any atom is -0.507 e. The summed E-state index contributed by atoms with van der Waals surface area (Å²) < 4.78 is 0. The molecule has 0 spiro atoms. The highest BCUT2D eigenvalue weighted by Crippen LogP contribution is 2.11. The summed E-state index contributed by atoms with van der Waals surface area (Å²) in [6.45, 7) is 0. The third-order valence-electron chi connectivity index (χ3n) is 1.06. The van der Waals surface area contributed by atoms with Gasteiger partial charge in [0.25, 0.3) is 0 Å². The number of hydrogen-bond acceptors (Lipinski definition) is 3. The van der Waals surface area contributed by atoms with Gasteiger partial charge in [0.05, 0.1) is 5.56 Å². The Hall–Kier alpha value is -1.35. The zero-order chi connectivity index (χ0) is 6.69. The van der Waals surface area contributed by atoms with E-state index >= 15 is 0 Å². The number of benzene rings is 1. The maximum Gasteiger partial charge on any atom is 0.153 e. The van der Waals surface area contributed by atoms with E-state index in [1.807, 2.05) is 0 Å². The molecule has 1 aromatic carbocycles. The lowest BCUT2D eigenvalue weighted by Gasteiger charge is -1.91. The Labute approximate surface area is 58.9 Å². The first-order valence-corrected chi connectivity index (χ1v) is 2.58. The molecule has 3 heteroatoms. The largest absolute Gasteiger partial charge is 0.507 e. The van der Waals surface area contributed by atoms with Crippen LogP contribution in [0.1, 0.15) is 10.4 Å². The molecule has 0 heterocycles. The summed E-state index contributed by atoms with van der Waals surface area (Å²) in [7, 11) is 0. The lowest BCUT2D eigenvalue weighted by atomic mass is 10.2. The molecule has 54 valence electrons. The van der Waals surface area contributed by atoms with Crippen molar-refractivity contribution in [2.24, 2.45) is 0 Å². The molecular formula is C7H9NO2. The first kappa shape index (κ1) is 8.65. The molecule has 1 rings (SSSR count). The molecule has 0 bridgehead atoms. The molecule has 0 amide bonds. The number of para-hydroxylation sites is 1. The predicted molar refractivity (Wildman–Crippen MR) is 38.5 cm³/mol. The van der Waals surface area contributed by atoms with Crippen LogP contribution in [0.25, 0.3) is 0 Å². The van der Waals surface area contributed by atoms with E-state index in [0.29, 0.717) is 11.8 Å². The standard InChI is InChI=1S/C7H6O2.H3N/c8-5-6-3-1-2-4-7(6)9;/h1-5,9H;1H3. The molecule has 0 aromatic heterocycles. The molecule has 0 saturated carbocycles. The monoisotopic (exact) mass is 139 g/mol. The normalized spacial score (nSPS) is 8.00. The fourth-order valence-corrected chi connectivity index (χ4v) is 0.587. The second kappa shape index (κ2) is 3.63. The van der Waals surface area contributed by atoms with Crippen molar-refractivity contribution in [3.63, 3.8) is 0 Å². The summed E-state index contributed by atoms with van der Waals surface area (Å²) in [6.07, 6.45) is 0.620. The molecule has 0 unspecified atom stereocenters. The molecule has 4 N–H and O–H groups in total. The Morgan fingerprint density at radius 1 is 1.30 bits per heavy atom. The van der Waals surface area contributed by atoms with Crippen LogP contribution >= 0.6 is 0 Å². The van der Waals surface area contributed by atoms with Gasteiger partial charge in [-0.15, -0.1) is 0 Å². The lowest BCUT2D eigenvalue weighted by molar-refractivity contribution is 0.112. The van der Waals surface area contributed by atoms with E-state index in [9.17, 15) is 4.79 Å². The number of aromatic hydroxyl groups is 1. The summed E-state index contributed by atoms with van der Waals surface area (Å²) in [5.74, 6) is 0.0347. The quantitative estimate of drug-likeness (QED) is 0.577. The van der Waals surface area contributed by atoms with E-state index in [-0.39, 0.29) is 11.9 Å². The van der Waals surface area contributed by atoms with E-state index in [0.717, 1.165) is 0 Å². The molecule has 10 heavy (non-hydrogen) atoms. The smallest absolute Gasteiger partial charge is 0.153 e. The number of carbonyl (C=O) groups is 1. The van der Waals surface area contributed by atoms with E-state index in [1.165, 1.54) is 6.07 Å². The first-order valence-electron chi connectivity index (χ1n) is 2.58. The van der Waals surface area contributed by atoms with E-state index in [2.05, 4.69) is 0 Å². The second-order valence-electron chi connectivity index (χ2n) is 1.68. The number of phenols is 1. The lowest BCUT2D eigenvalue weighted by Crippen LogP contribution is -1.77. The third kappa shape index (κ3) is 1.56. The molecular weight excluding hydrogens is 130 g/mol. The van der Waals surface area contributed by atoms with Crippen LogP contribution in [0.5, 0.6) is 5.75 Å². The van der Waals surface area contributed by atoms with Crippen molar-refractivity contribution in [1.29, 1.82) is 0 Å². The fourth-order valence-electron chi connectivity index (χ4n) is 0.587. The van der Waals surface area contributed by atoms with Crippen molar-refractivity contribution >= 4 is 6.29 Å². The Bertz CT molecular complexity index is 223. The number of hydrogen-bond donors (Lipinski definition) is 2. The van der Waals surface area contributed by atoms with Crippen molar-refractivity contribution in [2.75, 3.05) is 0 Å². The average Bonchev–Trinajstić information content (AvgIpc) is 1.89. The Morgan fingerprint density at radius 3 is 2.30 bits per heavy atom. The van der Waals surface area contributed by atoms with Gasteiger partial charge in [-0.3, -0.25) is 4.79 Å².